The molecule has 1 aromatic carbocycles. The van der Waals surface area contributed by atoms with E-state index in [2.05, 4.69) is 15.3 Å². The standard InChI is InChI=1S/C18H17N5O2/c1-19-17(24)15-10-20-16-11-22(8-9-23(15)16)18(25)14-7-6-12-4-2-3-5-13(12)21-14/h2-7,10H,8-9,11H2,1H3,(H,19,24). The highest BCUT2D eigenvalue weighted by atomic mass is 16.2. The first kappa shape index (κ1) is 15.3. The first-order valence-electron chi connectivity index (χ1n) is 8.09. The molecule has 7 heteroatoms. The van der Waals surface area contributed by atoms with Gasteiger partial charge in [-0.25, -0.2) is 9.97 Å². The summed E-state index contributed by atoms with van der Waals surface area (Å²) in [6.45, 7) is 1.42. The van der Waals surface area contributed by atoms with Crippen molar-refractivity contribution in [2.75, 3.05) is 13.6 Å². The Balaban J connectivity index is 1.59. The molecule has 1 aliphatic rings. The van der Waals surface area contributed by atoms with Crippen molar-refractivity contribution >= 4 is 22.7 Å². The fourth-order valence-corrected chi connectivity index (χ4v) is 3.09. The number of carbonyl (C=O) groups is 2. The lowest BCUT2D eigenvalue weighted by molar-refractivity contribution is 0.0700. The minimum atomic E-state index is -0.172. The second-order valence-electron chi connectivity index (χ2n) is 5.91. The third-order valence-electron chi connectivity index (χ3n) is 4.43. The minimum absolute atomic E-state index is 0.124. The summed E-state index contributed by atoms with van der Waals surface area (Å²) in [5.41, 5.74) is 1.74. The number of nitrogens with one attached hydrogen (secondary N) is 1. The monoisotopic (exact) mass is 335 g/mol. The Bertz CT molecular complexity index is 979. The molecule has 0 radical (unpaired) electrons. The number of pyridine rings is 1. The van der Waals surface area contributed by atoms with Crippen molar-refractivity contribution in [2.45, 2.75) is 13.1 Å². The third kappa shape index (κ3) is 2.63. The van der Waals surface area contributed by atoms with Crippen LogP contribution in [0.4, 0.5) is 0 Å². The van der Waals surface area contributed by atoms with E-state index < -0.39 is 0 Å². The quantitative estimate of drug-likeness (QED) is 0.769. The van der Waals surface area contributed by atoms with Crippen molar-refractivity contribution in [1.82, 2.24) is 24.8 Å². The van der Waals surface area contributed by atoms with Gasteiger partial charge in [-0.15, -0.1) is 0 Å². The largest absolute Gasteiger partial charge is 0.354 e. The van der Waals surface area contributed by atoms with Gasteiger partial charge in [0.25, 0.3) is 11.8 Å². The van der Waals surface area contributed by atoms with E-state index in [0.29, 0.717) is 36.8 Å². The van der Waals surface area contributed by atoms with Crippen LogP contribution in [0.2, 0.25) is 0 Å². The van der Waals surface area contributed by atoms with E-state index in [-0.39, 0.29) is 11.8 Å². The Morgan fingerprint density at radius 3 is 2.80 bits per heavy atom. The lowest BCUT2D eigenvalue weighted by Crippen LogP contribution is -2.39. The van der Waals surface area contributed by atoms with E-state index in [0.717, 1.165) is 10.9 Å². The van der Waals surface area contributed by atoms with Gasteiger partial charge in [0.05, 0.1) is 18.3 Å². The van der Waals surface area contributed by atoms with Gasteiger partial charge in [-0.1, -0.05) is 24.3 Å². The molecular formula is C18H17N5O2. The molecule has 7 nitrogen and oxygen atoms in total. The average Bonchev–Trinajstić information content (AvgIpc) is 3.09. The molecule has 0 atom stereocenters. The van der Waals surface area contributed by atoms with Crippen molar-refractivity contribution in [2.24, 2.45) is 0 Å². The number of rotatable bonds is 2. The number of nitrogens with zero attached hydrogens (tertiary/aromatic N) is 4. The molecular weight excluding hydrogens is 318 g/mol. The van der Waals surface area contributed by atoms with Gasteiger partial charge in [0.1, 0.15) is 17.2 Å². The van der Waals surface area contributed by atoms with Crippen molar-refractivity contribution in [3.63, 3.8) is 0 Å². The lowest BCUT2D eigenvalue weighted by Gasteiger charge is -2.28. The maximum absolute atomic E-state index is 12.8. The van der Waals surface area contributed by atoms with Gasteiger partial charge in [0.15, 0.2) is 0 Å². The maximum Gasteiger partial charge on any atom is 0.272 e. The van der Waals surface area contributed by atoms with Crippen LogP contribution < -0.4 is 5.32 Å². The summed E-state index contributed by atoms with van der Waals surface area (Å²) < 4.78 is 1.86. The number of aromatic nitrogens is 3. The minimum Gasteiger partial charge on any atom is -0.354 e. The fraction of sp³-hybridized carbons (Fsp3) is 0.222. The number of carbonyl (C=O) groups excluding carboxylic acids is 2. The van der Waals surface area contributed by atoms with Crippen LogP contribution in [0.1, 0.15) is 26.8 Å². The number of hydrogen-bond donors (Lipinski definition) is 1. The van der Waals surface area contributed by atoms with Gasteiger partial charge < -0.3 is 14.8 Å². The van der Waals surface area contributed by atoms with E-state index in [9.17, 15) is 9.59 Å². The first-order valence-corrected chi connectivity index (χ1v) is 8.09. The van der Waals surface area contributed by atoms with E-state index in [1.54, 1.807) is 24.2 Å². The van der Waals surface area contributed by atoms with E-state index in [1.807, 2.05) is 34.9 Å². The topological polar surface area (TPSA) is 80.1 Å². The number of hydrogen-bond acceptors (Lipinski definition) is 4. The summed E-state index contributed by atoms with van der Waals surface area (Å²) in [6.07, 6.45) is 1.55. The molecule has 0 saturated carbocycles. The summed E-state index contributed by atoms with van der Waals surface area (Å²) in [4.78, 5) is 35.1. The molecule has 3 aromatic rings. The second kappa shape index (κ2) is 6.01. The van der Waals surface area contributed by atoms with Crippen LogP contribution in [0.15, 0.2) is 42.6 Å². The predicted octanol–water partition coefficient (Wildman–Crippen LogP) is 1.45. The highest BCUT2D eigenvalue weighted by molar-refractivity contribution is 5.95. The zero-order chi connectivity index (χ0) is 17.4. The lowest BCUT2D eigenvalue weighted by atomic mass is 10.2. The zero-order valence-corrected chi connectivity index (χ0v) is 13.8. The number of amides is 2. The molecule has 0 aliphatic carbocycles. The number of benzene rings is 1. The third-order valence-corrected chi connectivity index (χ3v) is 4.43. The molecule has 0 bridgehead atoms. The highest BCUT2D eigenvalue weighted by Gasteiger charge is 2.26. The molecule has 0 fully saturated rings. The average molecular weight is 335 g/mol. The molecule has 4 rings (SSSR count). The fourth-order valence-electron chi connectivity index (χ4n) is 3.09. The smallest absolute Gasteiger partial charge is 0.272 e. The maximum atomic E-state index is 12.8. The Hall–Kier alpha value is -3.22. The molecule has 1 aliphatic heterocycles. The van der Waals surface area contributed by atoms with Gasteiger partial charge in [-0.05, 0) is 12.1 Å². The van der Waals surface area contributed by atoms with Crippen LogP contribution in [0.25, 0.3) is 10.9 Å². The Morgan fingerprint density at radius 1 is 1.12 bits per heavy atom. The van der Waals surface area contributed by atoms with Crippen molar-refractivity contribution < 1.29 is 9.59 Å². The first-order chi connectivity index (χ1) is 12.2. The van der Waals surface area contributed by atoms with Gasteiger partial charge in [-0.3, -0.25) is 9.59 Å². The number of para-hydroxylation sites is 1. The Kier molecular flexibility index (Phi) is 3.68. The van der Waals surface area contributed by atoms with Crippen LogP contribution in [0, 0.1) is 0 Å². The van der Waals surface area contributed by atoms with E-state index in [4.69, 9.17) is 0 Å². The zero-order valence-electron chi connectivity index (χ0n) is 13.8. The number of fused-ring (bicyclic) bond motifs is 2. The van der Waals surface area contributed by atoms with E-state index >= 15 is 0 Å². The van der Waals surface area contributed by atoms with Crippen molar-refractivity contribution in [1.29, 1.82) is 0 Å². The molecule has 126 valence electrons. The van der Waals surface area contributed by atoms with Crippen LogP contribution in [-0.4, -0.2) is 44.8 Å². The highest BCUT2D eigenvalue weighted by Crippen LogP contribution is 2.18. The molecule has 1 N–H and O–H groups in total. The Morgan fingerprint density at radius 2 is 1.96 bits per heavy atom. The molecule has 0 saturated heterocycles. The predicted molar refractivity (Wildman–Crippen MR) is 92.1 cm³/mol. The van der Waals surface area contributed by atoms with Gasteiger partial charge >= 0.3 is 0 Å². The van der Waals surface area contributed by atoms with Crippen molar-refractivity contribution in [3.05, 3.63) is 59.8 Å². The normalized spacial score (nSPS) is 13.6. The SMILES string of the molecule is CNC(=O)c1cnc2n1CCN(C(=O)c1ccc3ccccc3n1)C2. The van der Waals surface area contributed by atoms with Gasteiger partial charge in [-0.2, -0.15) is 0 Å². The summed E-state index contributed by atoms with van der Waals surface area (Å²) in [7, 11) is 1.59. The van der Waals surface area contributed by atoms with Crippen LogP contribution in [0.3, 0.4) is 0 Å². The number of imidazole rings is 1. The van der Waals surface area contributed by atoms with Crippen LogP contribution in [0.5, 0.6) is 0 Å². The summed E-state index contributed by atoms with van der Waals surface area (Å²) >= 11 is 0. The second-order valence-corrected chi connectivity index (χ2v) is 5.91. The molecule has 25 heavy (non-hydrogen) atoms. The molecule has 0 unspecified atom stereocenters. The van der Waals surface area contributed by atoms with Crippen LogP contribution >= 0.6 is 0 Å². The summed E-state index contributed by atoms with van der Waals surface area (Å²) in [5.74, 6) is 0.412. The summed E-state index contributed by atoms with van der Waals surface area (Å²) in [5, 5.41) is 3.61. The molecule has 3 heterocycles. The molecule has 2 amide bonds. The molecule has 0 spiro atoms. The molecule has 2 aromatic heterocycles. The van der Waals surface area contributed by atoms with E-state index in [1.165, 1.54) is 0 Å². The summed E-state index contributed by atoms with van der Waals surface area (Å²) in [6, 6.07) is 11.4. The van der Waals surface area contributed by atoms with Gasteiger partial charge in [0, 0.05) is 25.5 Å². The van der Waals surface area contributed by atoms with Crippen LogP contribution in [-0.2, 0) is 13.1 Å². The Labute approximate surface area is 144 Å². The van der Waals surface area contributed by atoms with Gasteiger partial charge in [0.2, 0.25) is 0 Å². The van der Waals surface area contributed by atoms with Crippen molar-refractivity contribution in [3.8, 4) is 0 Å².